The number of nitrogens with zero attached hydrogens (tertiary/aromatic N) is 1. The molecule has 1 aliphatic rings. The molecule has 0 amide bonds. The van der Waals surface area contributed by atoms with Crippen molar-refractivity contribution in [3.8, 4) is 6.07 Å². The molecule has 2 nitrogen and oxygen atoms in total. The number of nitriles is 1. The van der Waals surface area contributed by atoms with Gasteiger partial charge in [0.25, 0.3) is 0 Å². The third-order valence-corrected chi connectivity index (χ3v) is 5.51. The van der Waals surface area contributed by atoms with Crippen LogP contribution in [0.15, 0.2) is 24.3 Å². The van der Waals surface area contributed by atoms with Crippen molar-refractivity contribution in [2.24, 2.45) is 10.8 Å². The van der Waals surface area contributed by atoms with Crippen LogP contribution in [0.2, 0.25) is 5.02 Å². The molecule has 0 saturated heterocycles. The lowest BCUT2D eigenvalue weighted by Crippen LogP contribution is -2.41. The molecule has 1 fully saturated rings. The number of anilines is 1. The molecular formula is C18H25ClN2. The molecule has 0 unspecified atom stereocenters. The summed E-state index contributed by atoms with van der Waals surface area (Å²) in [4.78, 5) is 0. The van der Waals surface area contributed by atoms with Crippen molar-refractivity contribution in [2.45, 2.75) is 58.9 Å². The Morgan fingerprint density at radius 3 is 2.43 bits per heavy atom. The summed E-state index contributed by atoms with van der Waals surface area (Å²) in [6, 6.07) is 10.8. The zero-order chi connectivity index (χ0) is 15.5. The third-order valence-electron chi connectivity index (χ3n) is 5.18. The average Bonchev–Trinajstić information content (AvgIpc) is 2.42. The number of benzene rings is 1. The predicted octanol–water partition coefficient (Wildman–Crippen LogP) is 5.64. The topological polar surface area (TPSA) is 35.8 Å². The number of hydrogen-bond donors (Lipinski definition) is 1. The van der Waals surface area contributed by atoms with Gasteiger partial charge < -0.3 is 5.32 Å². The average molecular weight is 305 g/mol. The number of nitrogens with one attached hydrogen (secondary N) is 1. The van der Waals surface area contributed by atoms with Gasteiger partial charge in [0.05, 0.1) is 16.8 Å². The smallest absolute Gasteiger partial charge is 0.0637 e. The molecule has 114 valence electrons. The van der Waals surface area contributed by atoms with Crippen LogP contribution < -0.4 is 5.32 Å². The molecule has 1 aliphatic carbocycles. The molecule has 0 radical (unpaired) electrons. The molecule has 1 aromatic carbocycles. The summed E-state index contributed by atoms with van der Waals surface area (Å²) in [5.74, 6) is 0. The highest BCUT2D eigenvalue weighted by atomic mass is 35.5. The van der Waals surface area contributed by atoms with Crippen molar-refractivity contribution in [3.05, 3.63) is 29.3 Å². The van der Waals surface area contributed by atoms with Crippen LogP contribution in [-0.4, -0.2) is 6.04 Å². The van der Waals surface area contributed by atoms with E-state index in [1.165, 1.54) is 0 Å². The Labute approximate surface area is 133 Å². The zero-order valence-electron chi connectivity index (χ0n) is 13.2. The van der Waals surface area contributed by atoms with Gasteiger partial charge in [0.15, 0.2) is 0 Å². The molecule has 0 spiro atoms. The van der Waals surface area contributed by atoms with E-state index in [1.807, 2.05) is 24.3 Å². The van der Waals surface area contributed by atoms with Gasteiger partial charge in [-0.25, -0.2) is 0 Å². The van der Waals surface area contributed by atoms with E-state index >= 15 is 0 Å². The van der Waals surface area contributed by atoms with Crippen LogP contribution in [0.5, 0.6) is 0 Å². The maximum atomic E-state index is 9.20. The van der Waals surface area contributed by atoms with E-state index < -0.39 is 0 Å². The Morgan fingerprint density at radius 2 is 1.90 bits per heavy atom. The first kappa shape index (κ1) is 16.2. The van der Waals surface area contributed by atoms with E-state index in [2.05, 4.69) is 32.2 Å². The second-order valence-corrected chi connectivity index (χ2v) is 7.67. The summed E-state index contributed by atoms with van der Waals surface area (Å²) >= 11 is 6.22. The largest absolute Gasteiger partial charge is 0.381 e. The zero-order valence-corrected chi connectivity index (χ0v) is 14.0. The maximum absolute atomic E-state index is 9.20. The van der Waals surface area contributed by atoms with Gasteiger partial charge in [0, 0.05) is 12.5 Å². The van der Waals surface area contributed by atoms with Gasteiger partial charge in [-0.2, -0.15) is 5.26 Å². The maximum Gasteiger partial charge on any atom is 0.0637 e. The van der Waals surface area contributed by atoms with E-state index in [4.69, 9.17) is 11.6 Å². The highest BCUT2D eigenvalue weighted by molar-refractivity contribution is 6.33. The van der Waals surface area contributed by atoms with Crippen LogP contribution in [0.25, 0.3) is 0 Å². The van der Waals surface area contributed by atoms with E-state index in [0.717, 1.165) is 36.4 Å². The quantitative estimate of drug-likeness (QED) is 0.784. The van der Waals surface area contributed by atoms with Gasteiger partial charge in [0.2, 0.25) is 0 Å². The van der Waals surface area contributed by atoms with Crippen LogP contribution >= 0.6 is 11.6 Å². The third kappa shape index (κ3) is 3.52. The Bertz CT molecular complexity index is 517. The second kappa shape index (κ2) is 6.28. The lowest BCUT2D eigenvalue weighted by atomic mass is 9.57. The van der Waals surface area contributed by atoms with E-state index in [-0.39, 0.29) is 10.8 Å². The van der Waals surface area contributed by atoms with Crippen molar-refractivity contribution in [1.82, 2.24) is 0 Å². The minimum atomic E-state index is 0.153. The number of halogens is 1. The summed E-state index contributed by atoms with van der Waals surface area (Å²) in [6.45, 7) is 6.81. The van der Waals surface area contributed by atoms with Gasteiger partial charge in [-0.1, -0.05) is 44.5 Å². The van der Waals surface area contributed by atoms with Crippen molar-refractivity contribution in [3.63, 3.8) is 0 Å². The van der Waals surface area contributed by atoms with Crippen LogP contribution in [-0.2, 0) is 0 Å². The summed E-state index contributed by atoms with van der Waals surface area (Å²) in [5.41, 5.74) is 1.35. The number of hydrogen-bond acceptors (Lipinski definition) is 2. The first-order valence-corrected chi connectivity index (χ1v) is 8.14. The molecular weight excluding hydrogens is 280 g/mol. The van der Waals surface area contributed by atoms with E-state index in [1.54, 1.807) is 0 Å². The number of rotatable bonds is 3. The van der Waals surface area contributed by atoms with Crippen molar-refractivity contribution >= 4 is 17.3 Å². The van der Waals surface area contributed by atoms with Crippen molar-refractivity contribution < 1.29 is 0 Å². The fourth-order valence-corrected chi connectivity index (χ4v) is 3.65. The minimum Gasteiger partial charge on any atom is -0.381 e. The second-order valence-electron chi connectivity index (χ2n) is 7.26. The summed E-state index contributed by atoms with van der Waals surface area (Å²) in [7, 11) is 0. The molecule has 21 heavy (non-hydrogen) atoms. The first-order valence-electron chi connectivity index (χ1n) is 7.76. The fourth-order valence-electron chi connectivity index (χ4n) is 3.46. The lowest BCUT2D eigenvalue weighted by Gasteiger charge is -2.48. The predicted molar refractivity (Wildman–Crippen MR) is 89.4 cm³/mol. The Kier molecular flexibility index (Phi) is 4.84. The molecule has 0 aliphatic heterocycles. The Morgan fingerprint density at radius 1 is 1.29 bits per heavy atom. The van der Waals surface area contributed by atoms with Crippen LogP contribution in [0.3, 0.4) is 0 Å². The molecule has 0 atom stereocenters. The molecule has 0 aromatic heterocycles. The molecule has 3 heteroatoms. The molecule has 0 bridgehead atoms. The Balaban J connectivity index is 2.03. The van der Waals surface area contributed by atoms with Crippen LogP contribution in [0, 0.1) is 22.2 Å². The normalized spacial score (nSPS) is 26.1. The summed E-state index contributed by atoms with van der Waals surface area (Å²) in [5, 5.41) is 13.5. The van der Waals surface area contributed by atoms with Gasteiger partial charge in [0.1, 0.15) is 0 Å². The highest BCUT2D eigenvalue weighted by Crippen LogP contribution is 2.52. The van der Waals surface area contributed by atoms with Gasteiger partial charge >= 0.3 is 0 Å². The standard InChI is InChI=1S/C18H25ClN2/c1-17(2,3)18(12-13-20)10-8-14(9-11-18)21-16-7-5-4-6-15(16)19/h4-7,14,21H,8-12H2,1-3H3. The lowest BCUT2D eigenvalue weighted by molar-refractivity contribution is 0.0405. The SMILES string of the molecule is CC(C)(C)C1(CC#N)CCC(Nc2ccccc2Cl)CC1. The molecule has 1 saturated carbocycles. The highest BCUT2D eigenvalue weighted by Gasteiger charge is 2.44. The first-order chi connectivity index (χ1) is 9.88. The van der Waals surface area contributed by atoms with Gasteiger partial charge in [-0.3, -0.25) is 0 Å². The monoisotopic (exact) mass is 304 g/mol. The summed E-state index contributed by atoms with van der Waals surface area (Å²) < 4.78 is 0. The number of para-hydroxylation sites is 1. The van der Waals surface area contributed by atoms with Crippen molar-refractivity contribution in [2.75, 3.05) is 5.32 Å². The van der Waals surface area contributed by atoms with Gasteiger partial charge in [-0.15, -0.1) is 0 Å². The van der Waals surface area contributed by atoms with Crippen LogP contribution in [0.1, 0.15) is 52.9 Å². The van der Waals surface area contributed by atoms with E-state index in [0.29, 0.717) is 12.5 Å². The Hall–Kier alpha value is -1.20. The summed E-state index contributed by atoms with van der Waals surface area (Å²) in [6.07, 6.45) is 5.07. The molecule has 1 N–H and O–H groups in total. The van der Waals surface area contributed by atoms with Crippen molar-refractivity contribution in [1.29, 1.82) is 5.26 Å². The molecule has 0 heterocycles. The fraction of sp³-hybridized carbons (Fsp3) is 0.611. The minimum absolute atomic E-state index is 0.153. The van der Waals surface area contributed by atoms with Gasteiger partial charge in [-0.05, 0) is 48.6 Å². The van der Waals surface area contributed by atoms with Crippen LogP contribution in [0.4, 0.5) is 5.69 Å². The molecule has 1 aromatic rings. The van der Waals surface area contributed by atoms with E-state index in [9.17, 15) is 5.26 Å². The molecule has 2 rings (SSSR count).